The molecule has 2 atom stereocenters. The lowest BCUT2D eigenvalue weighted by Gasteiger charge is -2.16. The van der Waals surface area contributed by atoms with Crippen LogP contribution in [0.3, 0.4) is 0 Å². The van der Waals surface area contributed by atoms with E-state index in [-0.39, 0.29) is 0 Å². The second-order valence-corrected chi connectivity index (χ2v) is 5.01. The van der Waals surface area contributed by atoms with Crippen LogP contribution in [0.15, 0.2) is 0 Å². The van der Waals surface area contributed by atoms with Crippen molar-refractivity contribution in [3.63, 3.8) is 0 Å². The van der Waals surface area contributed by atoms with Crippen molar-refractivity contribution in [1.29, 1.82) is 0 Å². The highest BCUT2D eigenvalue weighted by Crippen LogP contribution is 2.02. The maximum Gasteiger partial charge on any atom is 0.326 e. The van der Waals surface area contributed by atoms with Crippen molar-refractivity contribution >= 4 is 23.8 Å². The molecule has 0 fully saturated rings. The molecule has 0 saturated carbocycles. The Morgan fingerprint density at radius 1 is 1.41 bits per heavy atom. The molecule has 3 N–H and O–H groups in total. The number of hydrogen-bond acceptors (Lipinski definition) is 3. The van der Waals surface area contributed by atoms with E-state index in [1.807, 2.05) is 20.1 Å². The number of carboxylic acid groups (broad SMARTS) is 1. The van der Waals surface area contributed by atoms with Gasteiger partial charge in [0.15, 0.2) is 0 Å². The molecule has 0 aromatic carbocycles. The van der Waals surface area contributed by atoms with Gasteiger partial charge >= 0.3 is 12.0 Å². The predicted octanol–water partition coefficient (Wildman–Crippen LogP) is 1.54. The quantitative estimate of drug-likeness (QED) is 0.620. The molecule has 0 heterocycles. The van der Waals surface area contributed by atoms with E-state index < -0.39 is 18.0 Å². The predicted molar refractivity (Wildman–Crippen MR) is 70.4 cm³/mol. The van der Waals surface area contributed by atoms with Gasteiger partial charge in [0, 0.05) is 6.54 Å². The van der Waals surface area contributed by atoms with Crippen LogP contribution >= 0.6 is 11.8 Å². The van der Waals surface area contributed by atoms with Crippen molar-refractivity contribution in [1.82, 2.24) is 10.6 Å². The molecule has 1 unspecified atom stereocenters. The van der Waals surface area contributed by atoms with Crippen LogP contribution in [0.5, 0.6) is 0 Å². The first-order valence-electron chi connectivity index (χ1n) is 5.77. The van der Waals surface area contributed by atoms with Gasteiger partial charge in [-0.2, -0.15) is 11.8 Å². The highest BCUT2D eigenvalue weighted by Gasteiger charge is 2.18. The topological polar surface area (TPSA) is 78.4 Å². The zero-order valence-electron chi connectivity index (χ0n) is 10.7. The lowest BCUT2D eigenvalue weighted by molar-refractivity contribution is -0.139. The van der Waals surface area contributed by atoms with Crippen molar-refractivity contribution in [2.75, 3.05) is 18.6 Å². The molecule has 0 rings (SSSR count). The zero-order chi connectivity index (χ0) is 13.3. The Morgan fingerprint density at radius 3 is 2.53 bits per heavy atom. The number of amides is 2. The summed E-state index contributed by atoms with van der Waals surface area (Å²) in [5.41, 5.74) is 0. The first kappa shape index (κ1) is 16.1. The molecule has 0 saturated heterocycles. The number of carbonyl (C=O) groups excluding carboxylic acids is 1. The van der Waals surface area contributed by atoms with Crippen molar-refractivity contribution in [2.45, 2.75) is 32.7 Å². The number of rotatable bonds is 8. The van der Waals surface area contributed by atoms with Gasteiger partial charge in [-0.1, -0.05) is 20.3 Å². The van der Waals surface area contributed by atoms with Crippen LogP contribution in [0.25, 0.3) is 0 Å². The van der Waals surface area contributed by atoms with Crippen LogP contribution in [0.1, 0.15) is 26.7 Å². The third-order valence-corrected chi connectivity index (χ3v) is 3.15. The molecule has 2 amide bonds. The molecule has 0 aromatic rings. The van der Waals surface area contributed by atoms with E-state index in [0.717, 1.165) is 12.2 Å². The van der Waals surface area contributed by atoms with Gasteiger partial charge in [0.1, 0.15) is 6.04 Å². The standard InChI is InChI=1S/C11H22N2O3S/c1-4-5-9(10(14)15)13-11(16)12-6-8(2)7-17-3/h8-9H,4-7H2,1-3H3,(H,14,15)(H2,12,13,16)/t8?,9-/m1/s1. The van der Waals surface area contributed by atoms with E-state index in [1.165, 1.54) is 0 Å². The molecule has 0 aliphatic rings. The van der Waals surface area contributed by atoms with Crippen molar-refractivity contribution in [2.24, 2.45) is 5.92 Å². The third kappa shape index (κ3) is 7.90. The van der Waals surface area contributed by atoms with E-state index in [0.29, 0.717) is 18.9 Å². The zero-order valence-corrected chi connectivity index (χ0v) is 11.5. The Labute approximate surface area is 107 Å². The molecule has 0 aliphatic heterocycles. The monoisotopic (exact) mass is 262 g/mol. The summed E-state index contributed by atoms with van der Waals surface area (Å²) in [7, 11) is 0. The number of carbonyl (C=O) groups is 2. The fourth-order valence-electron chi connectivity index (χ4n) is 1.37. The number of aliphatic carboxylic acids is 1. The van der Waals surface area contributed by atoms with Gasteiger partial charge in [-0.05, 0) is 24.3 Å². The van der Waals surface area contributed by atoms with Crippen LogP contribution in [0, 0.1) is 5.92 Å². The molecule has 6 heteroatoms. The lowest BCUT2D eigenvalue weighted by Crippen LogP contribution is -2.46. The summed E-state index contributed by atoms with van der Waals surface area (Å²) in [6, 6.07) is -1.20. The van der Waals surface area contributed by atoms with Crippen molar-refractivity contribution in [3.8, 4) is 0 Å². The minimum atomic E-state index is -0.987. The van der Waals surface area contributed by atoms with E-state index in [1.54, 1.807) is 11.8 Å². The van der Waals surface area contributed by atoms with Gasteiger partial charge in [0.2, 0.25) is 0 Å². The van der Waals surface area contributed by atoms with Crippen LogP contribution < -0.4 is 10.6 Å². The fraction of sp³-hybridized carbons (Fsp3) is 0.818. The van der Waals surface area contributed by atoms with E-state index >= 15 is 0 Å². The SMILES string of the molecule is CCC[C@@H](NC(=O)NCC(C)CSC)C(=O)O. The molecule has 5 nitrogen and oxygen atoms in total. The summed E-state index contributed by atoms with van der Waals surface area (Å²) >= 11 is 1.72. The molecule has 0 spiro atoms. The van der Waals surface area contributed by atoms with Gasteiger partial charge in [-0.25, -0.2) is 9.59 Å². The van der Waals surface area contributed by atoms with E-state index in [9.17, 15) is 9.59 Å². The molecule has 0 aliphatic carbocycles. The highest BCUT2D eigenvalue weighted by molar-refractivity contribution is 7.98. The third-order valence-electron chi connectivity index (χ3n) is 2.24. The molecule has 0 aromatic heterocycles. The van der Waals surface area contributed by atoms with Gasteiger partial charge in [0.05, 0.1) is 0 Å². The average molecular weight is 262 g/mol. The van der Waals surface area contributed by atoms with Crippen LogP contribution in [-0.2, 0) is 4.79 Å². The number of thioether (sulfide) groups is 1. The van der Waals surface area contributed by atoms with Crippen LogP contribution in [0.2, 0.25) is 0 Å². The second kappa shape index (κ2) is 9.15. The maximum absolute atomic E-state index is 11.4. The summed E-state index contributed by atoms with van der Waals surface area (Å²) in [5, 5.41) is 14.0. The average Bonchev–Trinajstić information content (AvgIpc) is 2.26. The van der Waals surface area contributed by atoms with Gasteiger partial charge < -0.3 is 15.7 Å². The lowest BCUT2D eigenvalue weighted by atomic mass is 10.2. The summed E-state index contributed by atoms with van der Waals surface area (Å²) in [4.78, 5) is 22.3. The van der Waals surface area contributed by atoms with Gasteiger partial charge in [0.25, 0.3) is 0 Å². The Balaban J connectivity index is 3.93. The summed E-state index contributed by atoms with van der Waals surface area (Å²) in [5.74, 6) is 0.363. The molecule has 100 valence electrons. The first-order chi connectivity index (χ1) is 8.01. The Morgan fingerprint density at radius 2 is 2.06 bits per heavy atom. The van der Waals surface area contributed by atoms with E-state index in [4.69, 9.17) is 5.11 Å². The number of hydrogen-bond donors (Lipinski definition) is 3. The molecular formula is C11H22N2O3S. The maximum atomic E-state index is 11.4. The minimum Gasteiger partial charge on any atom is -0.480 e. The molecule has 0 bridgehead atoms. The van der Waals surface area contributed by atoms with Crippen LogP contribution in [-0.4, -0.2) is 41.7 Å². The number of carboxylic acids is 1. The normalized spacial score (nSPS) is 13.8. The van der Waals surface area contributed by atoms with Crippen LogP contribution in [0.4, 0.5) is 4.79 Å². The number of urea groups is 1. The summed E-state index contributed by atoms with van der Waals surface area (Å²) in [6.45, 7) is 4.48. The first-order valence-corrected chi connectivity index (χ1v) is 7.16. The van der Waals surface area contributed by atoms with Crippen molar-refractivity contribution < 1.29 is 14.7 Å². The summed E-state index contributed by atoms with van der Waals surface area (Å²) < 4.78 is 0. The van der Waals surface area contributed by atoms with Gasteiger partial charge in [-0.3, -0.25) is 0 Å². The second-order valence-electron chi connectivity index (χ2n) is 4.09. The van der Waals surface area contributed by atoms with Crippen molar-refractivity contribution in [3.05, 3.63) is 0 Å². The largest absolute Gasteiger partial charge is 0.480 e. The fourth-order valence-corrected chi connectivity index (χ4v) is 2.05. The Bertz CT molecular complexity index is 249. The molecule has 17 heavy (non-hydrogen) atoms. The molecular weight excluding hydrogens is 240 g/mol. The Hall–Kier alpha value is -0.910. The summed E-state index contributed by atoms with van der Waals surface area (Å²) in [6.07, 6.45) is 3.18. The smallest absolute Gasteiger partial charge is 0.326 e. The Kier molecular flexibility index (Phi) is 8.66. The minimum absolute atomic E-state index is 0.380. The van der Waals surface area contributed by atoms with Gasteiger partial charge in [-0.15, -0.1) is 0 Å². The highest BCUT2D eigenvalue weighted by atomic mass is 32.2. The molecule has 0 radical (unpaired) electrons. The van der Waals surface area contributed by atoms with E-state index in [2.05, 4.69) is 10.6 Å². The number of nitrogens with one attached hydrogen (secondary N) is 2.